The highest BCUT2D eigenvalue weighted by molar-refractivity contribution is 9.10. The number of benzene rings is 1. The molecule has 0 bridgehead atoms. The molecular formula is C13H12BrNO2. The van der Waals surface area contributed by atoms with E-state index in [-0.39, 0.29) is 5.54 Å². The average Bonchev–Trinajstić information content (AvgIpc) is 3.17. The van der Waals surface area contributed by atoms with Crippen LogP contribution in [0.15, 0.2) is 27.7 Å². The lowest BCUT2D eigenvalue weighted by molar-refractivity contribution is 0.297. The third kappa shape index (κ3) is 2.15. The van der Waals surface area contributed by atoms with E-state index in [9.17, 15) is 4.79 Å². The van der Waals surface area contributed by atoms with Crippen molar-refractivity contribution < 1.29 is 9.53 Å². The van der Waals surface area contributed by atoms with E-state index in [1.165, 1.54) is 0 Å². The first-order valence-corrected chi connectivity index (χ1v) is 6.58. The van der Waals surface area contributed by atoms with E-state index in [4.69, 9.17) is 4.74 Å². The minimum Gasteiger partial charge on any atom is -0.490 e. The molecule has 0 unspecified atom stereocenters. The molecule has 0 N–H and O–H groups in total. The zero-order chi connectivity index (χ0) is 11.9. The second kappa shape index (κ2) is 3.97. The Kier molecular flexibility index (Phi) is 2.57. The summed E-state index contributed by atoms with van der Waals surface area (Å²) < 4.78 is 6.86. The van der Waals surface area contributed by atoms with E-state index in [2.05, 4.69) is 20.9 Å². The van der Waals surface area contributed by atoms with Gasteiger partial charge in [-0.2, -0.15) is 4.99 Å². The molecule has 2 saturated carbocycles. The lowest BCUT2D eigenvalue weighted by atomic mass is 10.0. The van der Waals surface area contributed by atoms with E-state index >= 15 is 0 Å². The third-order valence-electron chi connectivity index (χ3n) is 3.24. The van der Waals surface area contributed by atoms with Gasteiger partial charge in [0.25, 0.3) is 0 Å². The van der Waals surface area contributed by atoms with Gasteiger partial charge in [-0.05, 0) is 43.9 Å². The topological polar surface area (TPSA) is 38.7 Å². The molecule has 0 heterocycles. The summed E-state index contributed by atoms with van der Waals surface area (Å²) in [4.78, 5) is 14.5. The minimum atomic E-state index is -0.365. The van der Waals surface area contributed by atoms with Crippen LogP contribution in [-0.2, 0) is 10.3 Å². The molecule has 4 heteroatoms. The Morgan fingerprint density at radius 2 is 2.18 bits per heavy atom. The summed E-state index contributed by atoms with van der Waals surface area (Å²) in [6.45, 7) is 0. The molecule has 0 radical (unpaired) electrons. The van der Waals surface area contributed by atoms with Gasteiger partial charge in [0.15, 0.2) is 0 Å². The number of isocyanates is 1. The molecule has 2 aliphatic carbocycles. The van der Waals surface area contributed by atoms with Crippen LogP contribution in [0.1, 0.15) is 31.2 Å². The number of rotatable bonds is 4. The van der Waals surface area contributed by atoms with Gasteiger partial charge in [0, 0.05) is 10.0 Å². The predicted octanol–water partition coefficient (Wildman–Crippen LogP) is 3.32. The highest BCUT2D eigenvalue weighted by Crippen LogP contribution is 2.53. The van der Waals surface area contributed by atoms with Crippen molar-refractivity contribution in [3.8, 4) is 5.75 Å². The summed E-state index contributed by atoms with van der Waals surface area (Å²) in [5.41, 5.74) is 0.651. The smallest absolute Gasteiger partial charge is 0.235 e. The van der Waals surface area contributed by atoms with Crippen molar-refractivity contribution in [2.75, 3.05) is 0 Å². The Labute approximate surface area is 108 Å². The van der Waals surface area contributed by atoms with E-state index in [0.717, 1.165) is 41.5 Å². The summed E-state index contributed by atoms with van der Waals surface area (Å²) in [7, 11) is 0. The largest absolute Gasteiger partial charge is 0.490 e. The quantitative estimate of drug-likeness (QED) is 0.631. The van der Waals surface area contributed by atoms with Crippen molar-refractivity contribution >= 4 is 22.0 Å². The average molecular weight is 294 g/mol. The van der Waals surface area contributed by atoms with Gasteiger partial charge in [-0.3, -0.25) is 0 Å². The third-order valence-corrected chi connectivity index (χ3v) is 3.74. The van der Waals surface area contributed by atoms with Gasteiger partial charge in [-0.15, -0.1) is 0 Å². The normalized spacial score (nSPS) is 20.5. The number of halogens is 1. The summed E-state index contributed by atoms with van der Waals surface area (Å²) in [6, 6.07) is 5.92. The van der Waals surface area contributed by atoms with Crippen LogP contribution in [0.4, 0.5) is 0 Å². The molecule has 0 aromatic heterocycles. The van der Waals surface area contributed by atoms with Crippen LogP contribution in [0.2, 0.25) is 0 Å². The van der Waals surface area contributed by atoms with Crippen molar-refractivity contribution in [2.45, 2.75) is 37.3 Å². The highest BCUT2D eigenvalue weighted by atomic mass is 79.9. The van der Waals surface area contributed by atoms with Gasteiger partial charge in [-0.25, -0.2) is 4.79 Å². The fourth-order valence-corrected chi connectivity index (χ4v) is 2.34. The maximum absolute atomic E-state index is 10.5. The Bertz CT molecular complexity index is 500. The molecule has 0 saturated heterocycles. The van der Waals surface area contributed by atoms with E-state index in [1.54, 1.807) is 6.08 Å². The number of carbonyl (C=O) groups excluding carboxylic acids is 1. The van der Waals surface area contributed by atoms with Crippen molar-refractivity contribution in [3.05, 3.63) is 28.2 Å². The van der Waals surface area contributed by atoms with Gasteiger partial charge >= 0.3 is 0 Å². The number of ether oxygens (including phenoxy) is 1. The standard InChI is InChI=1S/C13H12BrNO2/c14-9-1-4-12(17-10-2-3-10)11(7-9)13(5-6-13)15-8-16/h1,4,7,10H,2-3,5-6H2. The van der Waals surface area contributed by atoms with Gasteiger partial charge in [0.2, 0.25) is 6.08 Å². The van der Waals surface area contributed by atoms with Crippen molar-refractivity contribution in [1.82, 2.24) is 0 Å². The lowest BCUT2D eigenvalue weighted by Crippen LogP contribution is -2.07. The Hall–Kier alpha value is -1.12. The molecule has 17 heavy (non-hydrogen) atoms. The lowest BCUT2D eigenvalue weighted by Gasteiger charge is -2.15. The fourth-order valence-electron chi connectivity index (χ4n) is 1.98. The van der Waals surface area contributed by atoms with Crippen LogP contribution in [0.5, 0.6) is 5.75 Å². The van der Waals surface area contributed by atoms with Gasteiger partial charge < -0.3 is 4.74 Å². The van der Waals surface area contributed by atoms with Gasteiger partial charge in [0.05, 0.1) is 6.10 Å². The number of nitrogens with zero attached hydrogens (tertiary/aromatic N) is 1. The maximum Gasteiger partial charge on any atom is 0.235 e. The number of hydrogen-bond acceptors (Lipinski definition) is 3. The van der Waals surface area contributed by atoms with Crippen LogP contribution in [0, 0.1) is 0 Å². The maximum atomic E-state index is 10.5. The zero-order valence-electron chi connectivity index (χ0n) is 9.28. The molecule has 0 aliphatic heterocycles. The summed E-state index contributed by atoms with van der Waals surface area (Å²) in [6.07, 6.45) is 6.10. The minimum absolute atomic E-state index is 0.353. The van der Waals surface area contributed by atoms with Gasteiger partial charge in [0.1, 0.15) is 11.3 Å². The number of aliphatic imine (C=N–C) groups is 1. The van der Waals surface area contributed by atoms with E-state index < -0.39 is 0 Å². The van der Waals surface area contributed by atoms with E-state index in [0.29, 0.717) is 6.10 Å². The van der Waals surface area contributed by atoms with Crippen LogP contribution >= 0.6 is 15.9 Å². The molecule has 2 fully saturated rings. The molecule has 0 atom stereocenters. The van der Waals surface area contributed by atoms with Crippen LogP contribution in [-0.4, -0.2) is 12.2 Å². The molecule has 88 valence electrons. The van der Waals surface area contributed by atoms with Crippen molar-refractivity contribution in [1.29, 1.82) is 0 Å². The Morgan fingerprint density at radius 1 is 1.41 bits per heavy atom. The molecular weight excluding hydrogens is 282 g/mol. The molecule has 1 aromatic carbocycles. The van der Waals surface area contributed by atoms with Crippen LogP contribution in [0.25, 0.3) is 0 Å². The van der Waals surface area contributed by atoms with E-state index in [1.807, 2.05) is 18.2 Å². The summed E-state index contributed by atoms with van der Waals surface area (Å²) in [5.74, 6) is 0.868. The first-order chi connectivity index (χ1) is 8.23. The SMILES string of the molecule is O=C=NC1(c2cc(Br)ccc2OC2CC2)CC1. The first kappa shape index (κ1) is 11.0. The summed E-state index contributed by atoms with van der Waals surface area (Å²) in [5, 5.41) is 0. The summed E-state index contributed by atoms with van der Waals surface area (Å²) >= 11 is 3.45. The highest BCUT2D eigenvalue weighted by Gasteiger charge is 2.47. The first-order valence-electron chi connectivity index (χ1n) is 5.79. The molecule has 0 amide bonds. The van der Waals surface area contributed by atoms with Crippen LogP contribution < -0.4 is 4.74 Å². The molecule has 3 nitrogen and oxygen atoms in total. The molecule has 2 aliphatic rings. The second-order valence-corrected chi connectivity index (χ2v) is 5.61. The zero-order valence-corrected chi connectivity index (χ0v) is 10.9. The monoisotopic (exact) mass is 293 g/mol. The fraction of sp³-hybridized carbons (Fsp3) is 0.462. The number of hydrogen-bond donors (Lipinski definition) is 0. The van der Waals surface area contributed by atoms with Crippen molar-refractivity contribution in [3.63, 3.8) is 0 Å². The Balaban J connectivity index is 2.00. The van der Waals surface area contributed by atoms with Crippen LogP contribution in [0.3, 0.4) is 0 Å². The molecule has 0 spiro atoms. The molecule has 1 aromatic rings. The second-order valence-electron chi connectivity index (χ2n) is 4.69. The predicted molar refractivity (Wildman–Crippen MR) is 66.8 cm³/mol. The van der Waals surface area contributed by atoms with Crippen molar-refractivity contribution in [2.24, 2.45) is 4.99 Å². The Morgan fingerprint density at radius 3 is 2.76 bits per heavy atom. The molecule has 3 rings (SSSR count). The van der Waals surface area contributed by atoms with Gasteiger partial charge in [-0.1, -0.05) is 15.9 Å².